The van der Waals surface area contributed by atoms with Gasteiger partial charge in [-0.15, -0.1) is 6.58 Å². The summed E-state index contributed by atoms with van der Waals surface area (Å²) in [7, 11) is 0. The van der Waals surface area contributed by atoms with Gasteiger partial charge in [-0.1, -0.05) is 57.2 Å². The van der Waals surface area contributed by atoms with Gasteiger partial charge in [0, 0.05) is 11.5 Å². The third-order valence-corrected chi connectivity index (χ3v) is 3.69. The van der Waals surface area contributed by atoms with Gasteiger partial charge in [0.15, 0.2) is 0 Å². The molecule has 0 bridgehead atoms. The first-order chi connectivity index (χ1) is 8.62. The van der Waals surface area contributed by atoms with E-state index in [1.807, 2.05) is 6.08 Å². The Morgan fingerprint density at radius 3 is 2.50 bits per heavy atom. The molecule has 0 radical (unpaired) electrons. The smallest absolute Gasteiger partial charge is 0.0162 e. The Morgan fingerprint density at radius 1 is 1.28 bits per heavy atom. The Morgan fingerprint density at radius 2 is 1.94 bits per heavy atom. The average Bonchev–Trinajstić information content (AvgIpc) is 2.39. The fourth-order valence-electron chi connectivity index (χ4n) is 2.39. The molecular weight excluding hydrogens is 218 g/mol. The summed E-state index contributed by atoms with van der Waals surface area (Å²) in [5.41, 5.74) is 1.56. The Kier molecular flexibility index (Phi) is 6.14. The van der Waals surface area contributed by atoms with Crippen LogP contribution >= 0.6 is 0 Å². The third-order valence-electron chi connectivity index (χ3n) is 3.69. The van der Waals surface area contributed by atoms with Gasteiger partial charge in [-0.3, -0.25) is 0 Å². The van der Waals surface area contributed by atoms with Gasteiger partial charge in [0.1, 0.15) is 0 Å². The minimum atomic E-state index is 0.152. The fourth-order valence-corrected chi connectivity index (χ4v) is 2.39. The maximum absolute atomic E-state index is 3.84. The van der Waals surface area contributed by atoms with Gasteiger partial charge in [-0.05, 0) is 31.4 Å². The second kappa shape index (κ2) is 7.38. The Hall–Kier alpha value is -1.08. The molecule has 0 saturated carbocycles. The number of benzene rings is 1. The first kappa shape index (κ1) is 15.0. The molecule has 0 heterocycles. The van der Waals surface area contributed by atoms with Crippen LogP contribution in [0.4, 0.5) is 0 Å². The van der Waals surface area contributed by atoms with Crippen molar-refractivity contribution in [3.8, 4) is 0 Å². The van der Waals surface area contributed by atoms with E-state index in [4.69, 9.17) is 0 Å². The van der Waals surface area contributed by atoms with E-state index in [0.29, 0.717) is 6.04 Å². The summed E-state index contributed by atoms with van der Waals surface area (Å²) in [5, 5.41) is 3.70. The number of hydrogen-bond acceptors (Lipinski definition) is 1. The Labute approximate surface area is 112 Å². The minimum absolute atomic E-state index is 0.152. The van der Waals surface area contributed by atoms with Crippen LogP contribution < -0.4 is 5.32 Å². The molecule has 0 aliphatic carbocycles. The van der Waals surface area contributed by atoms with Gasteiger partial charge < -0.3 is 5.32 Å². The van der Waals surface area contributed by atoms with Crippen molar-refractivity contribution in [2.24, 2.45) is 0 Å². The summed E-state index contributed by atoms with van der Waals surface area (Å²) in [6.45, 7) is 11.8. The van der Waals surface area contributed by atoms with Crippen molar-refractivity contribution >= 4 is 0 Å². The quantitative estimate of drug-likeness (QED) is 0.673. The van der Waals surface area contributed by atoms with Crippen LogP contribution in [0.15, 0.2) is 43.0 Å². The highest BCUT2D eigenvalue weighted by Crippen LogP contribution is 2.29. The van der Waals surface area contributed by atoms with Crippen molar-refractivity contribution in [2.75, 3.05) is 6.54 Å². The molecule has 1 nitrogen and oxygen atoms in total. The topological polar surface area (TPSA) is 12.0 Å². The molecule has 1 unspecified atom stereocenters. The van der Waals surface area contributed by atoms with Crippen molar-refractivity contribution < 1.29 is 0 Å². The van der Waals surface area contributed by atoms with Crippen LogP contribution in [0, 0.1) is 0 Å². The van der Waals surface area contributed by atoms with E-state index in [2.05, 4.69) is 63.0 Å². The second-order valence-corrected chi connectivity index (χ2v) is 5.46. The van der Waals surface area contributed by atoms with Crippen LogP contribution in [0.5, 0.6) is 0 Å². The molecule has 100 valence electrons. The van der Waals surface area contributed by atoms with Crippen LogP contribution in [-0.2, 0) is 5.41 Å². The largest absolute Gasteiger partial charge is 0.313 e. The molecule has 0 fully saturated rings. The number of hydrogen-bond donors (Lipinski definition) is 1. The average molecular weight is 245 g/mol. The maximum Gasteiger partial charge on any atom is 0.0162 e. The van der Waals surface area contributed by atoms with Crippen molar-refractivity contribution in [1.82, 2.24) is 5.32 Å². The van der Waals surface area contributed by atoms with Gasteiger partial charge in [0.05, 0.1) is 0 Å². The monoisotopic (exact) mass is 245 g/mol. The van der Waals surface area contributed by atoms with Crippen molar-refractivity contribution in [1.29, 1.82) is 0 Å². The highest BCUT2D eigenvalue weighted by molar-refractivity contribution is 5.25. The lowest BCUT2D eigenvalue weighted by Gasteiger charge is -2.36. The van der Waals surface area contributed by atoms with Gasteiger partial charge >= 0.3 is 0 Å². The molecule has 0 amide bonds. The first-order valence-electron chi connectivity index (χ1n) is 7.02. The van der Waals surface area contributed by atoms with E-state index in [1.54, 1.807) is 0 Å². The highest BCUT2D eigenvalue weighted by Gasteiger charge is 2.29. The lowest BCUT2D eigenvalue weighted by atomic mass is 9.76. The molecule has 0 aliphatic rings. The van der Waals surface area contributed by atoms with E-state index < -0.39 is 0 Å². The van der Waals surface area contributed by atoms with E-state index in [-0.39, 0.29) is 5.41 Å². The predicted octanol–water partition coefficient (Wildman–Crippen LogP) is 4.30. The van der Waals surface area contributed by atoms with E-state index >= 15 is 0 Å². The number of nitrogens with one attached hydrogen (secondary N) is 1. The van der Waals surface area contributed by atoms with E-state index in [1.165, 1.54) is 12.0 Å². The zero-order valence-electron chi connectivity index (χ0n) is 12.1. The van der Waals surface area contributed by atoms with Crippen LogP contribution in [0.2, 0.25) is 0 Å². The first-order valence-corrected chi connectivity index (χ1v) is 7.02. The lowest BCUT2D eigenvalue weighted by Crippen LogP contribution is -2.45. The molecule has 0 aromatic heterocycles. The standard InChI is InChI=1S/C17H27N/c1-5-7-13-16(18-14-6-2)17(3,4)15-11-9-8-10-12-15/h5,8-12,16,18H,1,6-7,13-14H2,2-4H3. The van der Waals surface area contributed by atoms with Crippen molar-refractivity contribution in [3.63, 3.8) is 0 Å². The van der Waals surface area contributed by atoms with Crippen molar-refractivity contribution in [2.45, 2.75) is 51.5 Å². The summed E-state index contributed by atoms with van der Waals surface area (Å²) in [5.74, 6) is 0. The van der Waals surface area contributed by atoms with Crippen LogP contribution in [0.25, 0.3) is 0 Å². The summed E-state index contributed by atoms with van der Waals surface area (Å²) >= 11 is 0. The molecule has 1 heteroatoms. The maximum atomic E-state index is 3.84. The lowest BCUT2D eigenvalue weighted by molar-refractivity contribution is 0.324. The molecular formula is C17H27N. The van der Waals surface area contributed by atoms with E-state index in [0.717, 1.165) is 19.4 Å². The summed E-state index contributed by atoms with van der Waals surface area (Å²) in [6.07, 6.45) is 5.40. The fraction of sp³-hybridized carbons (Fsp3) is 0.529. The summed E-state index contributed by atoms with van der Waals surface area (Å²) < 4.78 is 0. The second-order valence-electron chi connectivity index (χ2n) is 5.46. The van der Waals surface area contributed by atoms with Crippen LogP contribution in [0.3, 0.4) is 0 Å². The zero-order valence-corrected chi connectivity index (χ0v) is 12.1. The van der Waals surface area contributed by atoms with Gasteiger partial charge in [0.25, 0.3) is 0 Å². The molecule has 1 aromatic carbocycles. The Balaban J connectivity index is 2.83. The van der Waals surface area contributed by atoms with Crippen LogP contribution in [-0.4, -0.2) is 12.6 Å². The normalized spacial score (nSPS) is 13.3. The van der Waals surface area contributed by atoms with Crippen molar-refractivity contribution in [3.05, 3.63) is 48.6 Å². The van der Waals surface area contributed by atoms with Gasteiger partial charge in [-0.25, -0.2) is 0 Å². The molecule has 1 N–H and O–H groups in total. The molecule has 1 rings (SSSR count). The van der Waals surface area contributed by atoms with Gasteiger partial charge in [0.2, 0.25) is 0 Å². The SMILES string of the molecule is C=CCCC(NCCC)C(C)(C)c1ccccc1. The molecule has 0 spiro atoms. The van der Waals surface area contributed by atoms with Gasteiger partial charge in [-0.2, -0.15) is 0 Å². The number of allylic oxidation sites excluding steroid dienone is 1. The molecule has 18 heavy (non-hydrogen) atoms. The minimum Gasteiger partial charge on any atom is -0.313 e. The highest BCUT2D eigenvalue weighted by atomic mass is 14.9. The summed E-state index contributed by atoms with van der Waals surface area (Å²) in [4.78, 5) is 0. The molecule has 1 atom stereocenters. The predicted molar refractivity (Wildman–Crippen MR) is 81.0 cm³/mol. The summed E-state index contributed by atoms with van der Waals surface area (Å²) in [6, 6.07) is 11.3. The molecule has 1 aromatic rings. The zero-order chi connectivity index (χ0) is 13.4. The molecule has 0 aliphatic heterocycles. The van der Waals surface area contributed by atoms with Crippen LogP contribution in [0.1, 0.15) is 45.6 Å². The number of rotatable bonds is 8. The molecule has 0 saturated heterocycles. The van der Waals surface area contributed by atoms with E-state index in [9.17, 15) is 0 Å². The Bertz CT molecular complexity index is 340. The third kappa shape index (κ3) is 3.99.